The van der Waals surface area contributed by atoms with Crippen LogP contribution in [-0.4, -0.2) is 15.9 Å². The highest BCUT2D eigenvalue weighted by Crippen LogP contribution is 2.30. The monoisotopic (exact) mass is 377 g/mol. The highest BCUT2D eigenvalue weighted by molar-refractivity contribution is 7.22. The third-order valence-electron chi connectivity index (χ3n) is 4.15. The number of anilines is 1. The van der Waals surface area contributed by atoms with Crippen LogP contribution in [-0.2, 0) is 17.8 Å². The molecule has 1 amide bonds. The van der Waals surface area contributed by atoms with E-state index in [4.69, 9.17) is 0 Å². The summed E-state index contributed by atoms with van der Waals surface area (Å²) in [6, 6.07) is 17.6. The number of thiazole rings is 1. The Kier molecular flexibility index (Phi) is 4.89. The summed E-state index contributed by atoms with van der Waals surface area (Å²) in [5, 5.41) is 0.646. The van der Waals surface area contributed by atoms with E-state index in [0.717, 1.165) is 21.3 Å². The lowest BCUT2D eigenvalue weighted by Crippen LogP contribution is -2.31. The third-order valence-corrected chi connectivity index (χ3v) is 5.21. The Morgan fingerprint density at radius 3 is 2.56 bits per heavy atom. The Morgan fingerprint density at radius 2 is 1.81 bits per heavy atom. The number of pyridine rings is 1. The first-order valence-electron chi connectivity index (χ1n) is 8.48. The summed E-state index contributed by atoms with van der Waals surface area (Å²) in [6.45, 7) is 0.383. The van der Waals surface area contributed by atoms with E-state index in [0.29, 0.717) is 11.7 Å². The minimum absolute atomic E-state index is 0.0930. The SMILES string of the molecule is O=C(Cc1ccc(F)cc1)N(Cc1cccnc1)c1nc2ccccc2s1. The first kappa shape index (κ1) is 17.3. The van der Waals surface area contributed by atoms with Crippen molar-refractivity contribution < 1.29 is 9.18 Å². The number of para-hydroxylation sites is 1. The van der Waals surface area contributed by atoms with Crippen molar-refractivity contribution in [3.8, 4) is 0 Å². The van der Waals surface area contributed by atoms with Crippen LogP contribution in [0.1, 0.15) is 11.1 Å². The van der Waals surface area contributed by atoms with E-state index in [1.807, 2.05) is 36.4 Å². The summed E-state index contributed by atoms with van der Waals surface area (Å²) in [5.41, 5.74) is 2.55. The number of amides is 1. The molecule has 2 heterocycles. The van der Waals surface area contributed by atoms with Crippen LogP contribution in [0.2, 0.25) is 0 Å². The number of aromatic nitrogens is 2. The van der Waals surface area contributed by atoms with Crippen LogP contribution < -0.4 is 4.90 Å². The van der Waals surface area contributed by atoms with Gasteiger partial charge in [0.1, 0.15) is 5.82 Å². The molecule has 0 atom stereocenters. The highest BCUT2D eigenvalue weighted by atomic mass is 32.1. The summed E-state index contributed by atoms with van der Waals surface area (Å²) in [6.07, 6.45) is 3.62. The van der Waals surface area contributed by atoms with E-state index in [1.165, 1.54) is 23.5 Å². The molecule has 4 aromatic rings. The Labute approximate surface area is 159 Å². The molecule has 134 valence electrons. The van der Waals surface area contributed by atoms with Crippen molar-refractivity contribution >= 4 is 32.6 Å². The van der Waals surface area contributed by atoms with Crippen LogP contribution in [0.15, 0.2) is 73.1 Å². The summed E-state index contributed by atoms with van der Waals surface area (Å²) in [5.74, 6) is -0.408. The molecule has 0 spiro atoms. The molecule has 0 unspecified atom stereocenters. The van der Waals surface area contributed by atoms with Crippen LogP contribution in [0.5, 0.6) is 0 Å². The fourth-order valence-corrected chi connectivity index (χ4v) is 3.77. The van der Waals surface area contributed by atoms with Crippen molar-refractivity contribution in [2.45, 2.75) is 13.0 Å². The molecule has 0 aliphatic rings. The largest absolute Gasteiger partial charge is 0.283 e. The smallest absolute Gasteiger partial charge is 0.233 e. The maximum absolute atomic E-state index is 13.1. The molecule has 2 aromatic carbocycles. The lowest BCUT2D eigenvalue weighted by molar-refractivity contribution is -0.118. The zero-order valence-electron chi connectivity index (χ0n) is 14.4. The lowest BCUT2D eigenvalue weighted by atomic mass is 10.1. The van der Waals surface area contributed by atoms with Gasteiger partial charge in [0.05, 0.1) is 23.2 Å². The standard InChI is InChI=1S/C21H16FN3OS/c22-17-9-7-15(8-10-17)12-20(26)25(14-16-4-3-11-23-13-16)21-24-18-5-1-2-6-19(18)27-21/h1-11,13H,12,14H2. The zero-order valence-corrected chi connectivity index (χ0v) is 15.2. The molecule has 0 saturated carbocycles. The molecule has 6 heteroatoms. The van der Waals surface area contributed by atoms with Gasteiger partial charge in [0.15, 0.2) is 5.13 Å². The summed E-state index contributed by atoms with van der Waals surface area (Å²) < 4.78 is 14.2. The number of hydrogen-bond donors (Lipinski definition) is 0. The number of carbonyl (C=O) groups is 1. The molecular formula is C21H16FN3OS. The van der Waals surface area contributed by atoms with Crippen LogP contribution in [0.25, 0.3) is 10.2 Å². The number of benzene rings is 2. The van der Waals surface area contributed by atoms with E-state index in [-0.39, 0.29) is 18.1 Å². The minimum atomic E-state index is -0.315. The van der Waals surface area contributed by atoms with Crippen molar-refractivity contribution in [3.05, 3.63) is 90.0 Å². The normalized spacial score (nSPS) is 10.9. The van der Waals surface area contributed by atoms with Gasteiger partial charge in [0.2, 0.25) is 5.91 Å². The van der Waals surface area contributed by atoms with Gasteiger partial charge in [0.25, 0.3) is 0 Å². The van der Waals surface area contributed by atoms with Gasteiger partial charge in [-0.25, -0.2) is 9.37 Å². The third kappa shape index (κ3) is 4.01. The topological polar surface area (TPSA) is 46.1 Å². The van der Waals surface area contributed by atoms with Gasteiger partial charge in [0, 0.05) is 12.4 Å². The van der Waals surface area contributed by atoms with Crippen molar-refractivity contribution in [1.82, 2.24) is 9.97 Å². The Bertz CT molecular complexity index is 1030. The lowest BCUT2D eigenvalue weighted by Gasteiger charge is -2.20. The predicted octanol–water partition coefficient (Wildman–Crippen LogP) is 4.61. The molecule has 27 heavy (non-hydrogen) atoms. The number of halogens is 1. The molecule has 4 nitrogen and oxygen atoms in total. The van der Waals surface area contributed by atoms with E-state index in [2.05, 4.69) is 9.97 Å². The Hall–Kier alpha value is -3.12. The second-order valence-corrected chi connectivity index (χ2v) is 7.12. The average Bonchev–Trinajstić information content (AvgIpc) is 3.12. The van der Waals surface area contributed by atoms with Crippen LogP contribution in [0.3, 0.4) is 0 Å². The van der Waals surface area contributed by atoms with Gasteiger partial charge >= 0.3 is 0 Å². The zero-order chi connectivity index (χ0) is 18.6. The van der Waals surface area contributed by atoms with E-state index in [9.17, 15) is 9.18 Å². The summed E-state index contributed by atoms with van der Waals surface area (Å²) >= 11 is 1.48. The average molecular weight is 377 g/mol. The molecule has 0 aliphatic heterocycles. The second-order valence-electron chi connectivity index (χ2n) is 6.11. The molecule has 2 aromatic heterocycles. The van der Waals surface area contributed by atoms with Gasteiger partial charge < -0.3 is 0 Å². The second kappa shape index (κ2) is 7.63. The Balaban J connectivity index is 1.66. The van der Waals surface area contributed by atoms with Crippen molar-refractivity contribution in [2.75, 3.05) is 4.90 Å². The van der Waals surface area contributed by atoms with Crippen molar-refractivity contribution in [3.63, 3.8) is 0 Å². The van der Waals surface area contributed by atoms with Gasteiger partial charge in [-0.1, -0.05) is 41.7 Å². The van der Waals surface area contributed by atoms with Crippen LogP contribution in [0.4, 0.5) is 9.52 Å². The number of hydrogen-bond acceptors (Lipinski definition) is 4. The number of nitrogens with zero attached hydrogens (tertiary/aromatic N) is 3. The quantitative estimate of drug-likeness (QED) is 0.510. The summed E-state index contributed by atoms with van der Waals surface area (Å²) in [7, 11) is 0. The predicted molar refractivity (Wildman–Crippen MR) is 105 cm³/mol. The first-order chi connectivity index (χ1) is 13.2. The summed E-state index contributed by atoms with van der Waals surface area (Å²) in [4.78, 5) is 23.5. The van der Waals surface area contributed by atoms with Crippen molar-refractivity contribution in [1.29, 1.82) is 0 Å². The fraction of sp³-hybridized carbons (Fsp3) is 0.0952. The minimum Gasteiger partial charge on any atom is -0.283 e. The van der Waals surface area contributed by atoms with E-state index >= 15 is 0 Å². The molecule has 0 N–H and O–H groups in total. The van der Waals surface area contributed by atoms with Gasteiger partial charge in [-0.2, -0.15) is 0 Å². The molecule has 0 radical (unpaired) electrons. The molecule has 0 aliphatic carbocycles. The van der Waals surface area contributed by atoms with Gasteiger partial charge in [-0.15, -0.1) is 0 Å². The number of fused-ring (bicyclic) bond motifs is 1. The molecule has 0 fully saturated rings. The molecular weight excluding hydrogens is 361 g/mol. The Morgan fingerprint density at radius 1 is 1.00 bits per heavy atom. The van der Waals surface area contributed by atoms with Crippen LogP contribution >= 0.6 is 11.3 Å². The van der Waals surface area contributed by atoms with Gasteiger partial charge in [-0.05, 0) is 41.5 Å². The molecule has 0 bridgehead atoms. The maximum atomic E-state index is 13.1. The van der Waals surface area contributed by atoms with Crippen molar-refractivity contribution in [2.24, 2.45) is 0 Å². The van der Waals surface area contributed by atoms with Gasteiger partial charge in [-0.3, -0.25) is 14.7 Å². The van der Waals surface area contributed by atoms with E-state index in [1.54, 1.807) is 29.4 Å². The highest BCUT2D eigenvalue weighted by Gasteiger charge is 2.20. The number of carbonyl (C=O) groups excluding carboxylic acids is 1. The fourth-order valence-electron chi connectivity index (χ4n) is 2.78. The van der Waals surface area contributed by atoms with Crippen LogP contribution in [0, 0.1) is 5.82 Å². The molecule has 0 saturated heterocycles. The molecule has 4 rings (SSSR count). The first-order valence-corrected chi connectivity index (χ1v) is 9.30. The number of rotatable bonds is 5. The van der Waals surface area contributed by atoms with E-state index < -0.39 is 0 Å². The maximum Gasteiger partial charge on any atom is 0.233 e.